The first-order valence-corrected chi connectivity index (χ1v) is 3.70. The fraction of sp³-hybridized carbons (Fsp3) is 0.857. The van der Waals surface area contributed by atoms with Crippen LogP contribution in [0, 0.1) is 0 Å². The Hall–Kier alpha value is -0.650. The van der Waals surface area contributed by atoms with E-state index in [1.165, 1.54) is 6.92 Å². The molecule has 0 aromatic heterocycles. The zero-order chi connectivity index (χ0) is 9.19. The summed E-state index contributed by atoms with van der Waals surface area (Å²) in [6.07, 6.45) is -0.308. The van der Waals surface area contributed by atoms with Crippen LogP contribution in [0.25, 0.3) is 0 Å². The van der Waals surface area contributed by atoms with Crippen molar-refractivity contribution in [3.63, 3.8) is 0 Å². The van der Waals surface area contributed by atoms with Gasteiger partial charge in [-0.25, -0.2) is 0 Å². The summed E-state index contributed by atoms with van der Waals surface area (Å²) >= 11 is 0. The van der Waals surface area contributed by atoms with Gasteiger partial charge in [0.05, 0.1) is 12.7 Å². The van der Waals surface area contributed by atoms with Crippen molar-refractivity contribution in [2.75, 3.05) is 13.2 Å². The lowest BCUT2D eigenvalue weighted by molar-refractivity contribution is -0.205. The first-order valence-electron chi connectivity index (χ1n) is 3.70. The van der Waals surface area contributed by atoms with Crippen LogP contribution >= 0.6 is 0 Å². The molecule has 0 unspecified atom stereocenters. The van der Waals surface area contributed by atoms with E-state index < -0.39 is 17.9 Å². The van der Waals surface area contributed by atoms with E-state index in [0.29, 0.717) is 0 Å². The van der Waals surface area contributed by atoms with E-state index in [-0.39, 0.29) is 19.6 Å². The van der Waals surface area contributed by atoms with E-state index in [4.69, 9.17) is 9.84 Å². The summed E-state index contributed by atoms with van der Waals surface area (Å²) in [5.74, 6) is -2.10. The van der Waals surface area contributed by atoms with Crippen molar-refractivity contribution in [2.45, 2.75) is 25.2 Å². The summed E-state index contributed by atoms with van der Waals surface area (Å²) in [5, 5.41) is 18.1. The zero-order valence-electron chi connectivity index (χ0n) is 6.82. The molecule has 1 fully saturated rings. The Kier molecular flexibility index (Phi) is 2.66. The highest BCUT2D eigenvalue weighted by molar-refractivity contribution is 5.66. The molecule has 1 saturated heterocycles. The maximum atomic E-state index is 10.5. The molecule has 70 valence electrons. The number of aliphatic hydroxyl groups is 2. The predicted molar refractivity (Wildman–Crippen MR) is 38.2 cm³/mol. The number of hydrogen-bond donors (Lipinski definition) is 2. The van der Waals surface area contributed by atoms with Crippen molar-refractivity contribution in [3.05, 3.63) is 0 Å². The monoisotopic (exact) mass is 176 g/mol. The number of carbonyl (C=O) groups excluding carboxylic acids is 1. The molecule has 0 aliphatic carbocycles. The Labute approximate surface area is 69.9 Å². The normalized spacial score (nSPS) is 35.1. The molecule has 5 nitrogen and oxygen atoms in total. The highest BCUT2D eigenvalue weighted by atomic mass is 16.7. The summed E-state index contributed by atoms with van der Waals surface area (Å²) in [4.78, 5) is 10.5. The molecular weight excluding hydrogens is 164 g/mol. The van der Waals surface area contributed by atoms with Gasteiger partial charge in [0.1, 0.15) is 6.61 Å². The number of esters is 1. The summed E-state index contributed by atoms with van der Waals surface area (Å²) in [6.45, 7) is 0.964. The average Bonchev–Trinajstić information content (AvgIpc) is 2.30. The molecule has 1 rings (SSSR count). The van der Waals surface area contributed by atoms with E-state index in [1.807, 2.05) is 0 Å². The largest absolute Gasteiger partial charge is 0.431 e. The third kappa shape index (κ3) is 2.17. The van der Waals surface area contributed by atoms with E-state index >= 15 is 0 Å². The highest BCUT2D eigenvalue weighted by Gasteiger charge is 2.41. The van der Waals surface area contributed by atoms with Gasteiger partial charge in [-0.2, -0.15) is 0 Å². The summed E-state index contributed by atoms with van der Waals surface area (Å²) in [5.41, 5.74) is 0. The molecule has 0 spiro atoms. The first-order chi connectivity index (χ1) is 5.56. The Bertz CT molecular complexity index is 181. The van der Waals surface area contributed by atoms with Gasteiger partial charge in [-0.15, -0.1) is 0 Å². The van der Waals surface area contributed by atoms with Gasteiger partial charge >= 0.3 is 5.97 Å². The lowest BCUT2D eigenvalue weighted by atomic mass is 10.2. The minimum atomic E-state index is -1.54. The van der Waals surface area contributed by atoms with Crippen LogP contribution in [0.15, 0.2) is 0 Å². The molecule has 0 radical (unpaired) electrons. The molecule has 1 heterocycles. The predicted octanol–water partition coefficient (Wildman–Crippen LogP) is -0.981. The van der Waals surface area contributed by atoms with Gasteiger partial charge in [-0.1, -0.05) is 0 Å². The van der Waals surface area contributed by atoms with E-state index in [9.17, 15) is 9.90 Å². The van der Waals surface area contributed by atoms with Crippen LogP contribution in [-0.4, -0.2) is 41.3 Å². The Balaban J connectivity index is 2.46. The van der Waals surface area contributed by atoms with E-state index in [0.717, 1.165) is 0 Å². The maximum Gasteiger partial charge on any atom is 0.305 e. The van der Waals surface area contributed by atoms with Gasteiger partial charge in [0, 0.05) is 13.3 Å². The second kappa shape index (κ2) is 3.38. The van der Waals surface area contributed by atoms with Crippen LogP contribution < -0.4 is 0 Å². The molecule has 1 aliphatic heterocycles. The van der Waals surface area contributed by atoms with Crippen molar-refractivity contribution in [1.82, 2.24) is 0 Å². The van der Waals surface area contributed by atoms with Gasteiger partial charge in [0.15, 0.2) is 0 Å². The fourth-order valence-corrected chi connectivity index (χ4v) is 1.18. The topological polar surface area (TPSA) is 76.0 Å². The van der Waals surface area contributed by atoms with Crippen LogP contribution in [0.2, 0.25) is 0 Å². The minimum Gasteiger partial charge on any atom is -0.431 e. The number of carbonyl (C=O) groups is 1. The average molecular weight is 176 g/mol. The molecule has 0 aromatic carbocycles. The number of ether oxygens (including phenoxy) is 2. The SMILES string of the molecule is CC(=O)O[C@]1(O)CO[C@H](CO)C1. The molecular formula is C7H12O5. The van der Waals surface area contributed by atoms with Crippen LogP contribution in [0.3, 0.4) is 0 Å². The third-order valence-electron chi connectivity index (χ3n) is 1.63. The summed E-state index contributed by atoms with van der Waals surface area (Å²) in [6, 6.07) is 0. The van der Waals surface area contributed by atoms with Crippen molar-refractivity contribution in [3.8, 4) is 0 Å². The molecule has 1 aliphatic rings. The van der Waals surface area contributed by atoms with E-state index in [2.05, 4.69) is 4.74 Å². The van der Waals surface area contributed by atoms with Crippen molar-refractivity contribution >= 4 is 5.97 Å². The zero-order valence-corrected chi connectivity index (χ0v) is 6.82. The highest BCUT2D eigenvalue weighted by Crippen LogP contribution is 2.24. The summed E-state index contributed by atoms with van der Waals surface area (Å²) in [7, 11) is 0. The van der Waals surface area contributed by atoms with Crippen molar-refractivity contribution in [2.24, 2.45) is 0 Å². The maximum absolute atomic E-state index is 10.5. The summed E-state index contributed by atoms with van der Waals surface area (Å²) < 4.78 is 9.55. The Morgan fingerprint density at radius 2 is 2.50 bits per heavy atom. The van der Waals surface area contributed by atoms with Crippen LogP contribution in [0.1, 0.15) is 13.3 Å². The lowest BCUT2D eigenvalue weighted by Gasteiger charge is -2.19. The molecule has 12 heavy (non-hydrogen) atoms. The van der Waals surface area contributed by atoms with Crippen molar-refractivity contribution in [1.29, 1.82) is 0 Å². The smallest absolute Gasteiger partial charge is 0.305 e. The van der Waals surface area contributed by atoms with E-state index in [1.54, 1.807) is 0 Å². The molecule has 0 saturated carbocycles. The quantitative estimate of drug-likeness (QED) is 0.417. The fourth-order valence-electron chi connectivity index (χ4n) is 1.18. The van der Waals surface area contributed by atoms with Crippen LogP contribution in [-0.2, 0) is 14.3 Å². The molecule has 0 bridgehead atoms. The van der Waals surface area contributed by atoms with Gasteiger partial charge in [-0.05, 0) is 0 Å². The van der Waals surface area contributed by atoms with Gasteiger partial charge in [0.2, 0.25) is 5.79 Å². The number of hydrogen-bond acceptors (Lipinski definition) is 5. The van der Waals surface area contributed by atoms with Crippen molar-refractivity contribution < 1.29 is 24.5 Å². The number of rotatable bonds is 2. The van der Waals surface area contributed by atoms with Gasteiger partial charge in [-0.3, -0.25) is 4.79 Å². The van der Waals surface area contributed by atoms with Crippen LogP contribution in [0.4, 0.5) is 0 Å². The Morgan fingerprint density at radius 3 is 2.92 bits per heavy atom. The second-order valence-corrected chi connectivity index (χ2v) is 2.86. The van der Waals surface area contributed by atoms with Crippen LogP contribution in [0.5, 0.6) is 0 Å². The Morgan fingerprint density at radius 1 is 1.83 bits per heavy atom. The van der Waals surface area contributed by atoms with Gasteiger partial charge < -0.3 is 19.7 Å². The standard InChI is InChI=1S/C7H12O5/c1-5(9)12-7(10)2-6(3-8)11-4-7/h6,8,10H,2-4H2,1H3/t6-,7-/m0/s1. The lowest BCUT2D eigenvalue weighted by Crippen LogP contribution is -2.35. The molecule has 2 atom stereocenters. The minimum absolute atomic E-state index is 0.0716. The molecule has 0 amide bonds. The molecule has 5 heteroatoms. The second-order valence-electron chi connectivity index (χ2n) is 2.86. The van der Waals surface area contributed by atoms with Gasteiger partial charge in [0.25, 0.3) is 0 Å². The first kappa shape index (κ1) is 9.44. The molecule has 2 N–H and O–H groups in total. The molecule has 0 aromatic rings. The number of aliphatic hydroxyl groups excluding tert-OH is 1. The third-order valence-corrected chi connectivity index (χ3v) is 1.63.